The van der Waals surface area contributed by atoms with E-state index in [9.17, 15) is 4.79 Å². The fraction of sp³-hybridized carbons (Fsp3) is 0.450. The van der Waals surface area contributed by atoms with Gasteiger partial charge in [-0.05, 0) is 31.4 Å². The molecule has 2 aliphatic rings. The van der Waals surface area contributed by atoms with Gasteiger partial charge in [0.05, 0.1) is 31.0 Å². The number of amides is 1. The van der Waals surface area contributed by atoms with Gasteiger partial charge in [0.1, 0.15) is 5.75 Å². The van der Waals surface area contributed by atoms with Gasteiger partial charge in [0.2, 0.25) is 0 Å². The van der Waals surface area contributed by atoms with Crippen LogP contribution in [0.15, 0.2) is 28.8 Å². The quantitative estimate of drug-likeness (QED) is 0.716. The van der Waals surface area contributed by atoms with Crippen molar-refractivity contribution in [3.63, 3.8) is 0 Å². The van der Waals surface area contributed by atoms with Crippen molar-refractivity contribution < 1.29 is 18.7 Å². The van der Waals surface area contributed by atoms with E-state index < -0.39 is 0 Å². The van der Waals surface area contributed by atoms with Crippen LogP contribution in [0.1, 0.15) is 29.9 Å². The third kappa shape index (κ3) is 4.16. The molecule has 0 unspecified atom stereocenters. The molecular weight excluding hydrogens is 360 g/mol. The van der Waals surface area contributed by atoms with Gasteiger partial charge in [-0.1, -0.05) is 6.07 Å². The Balaban J connectivity index is 1.48. The summed E-state index contributed by atoms with van der Waals surface area (Å²) in [6, 6.07) is 5.41. The molecule has 1 saturated carbocycles. The van der Waals surface area contributed by atoms with E-state index in [2.05, 4.69) is 20.5 Å². The van der Waals surface area contributed by atoms with Crippen LogP contribution in [0.2, 0.25) is 0 Å². The lowest BCUT2D eigenvalue weighted by molar-refractivity contribution is 0.0904. The maximum atomic E-state index is 12.5. The fourth-order valence-corrected chi connectivity index (χ4v) is 3.26. The number of nitrogens with one attached hydrogen (secondary N) is 2. The van der Waals surface area contributed by atoms with Gasteiger partial charge in [-0.2, -0.15) is 0 Å². The number of oxazole rings is 1. The van der Waals surface area contributed by atoms with E-state index in [1.54, 1.807) is 25.3 Å². The predicted molar refractivity (Wildman–Crippen MR) is 101 cm³/mol. The summed E-state index contributed by atoms with van der Waals surface area (Å²) in [6.45, 7) is 8.52. The molecule has 0 spiro atoms. The molecule has 8 nitrogen and oxygen atoms in total. The van der Waals surface area contributed by atoms with Crippen LogP contribution in [0.25, 0.3) is 16.2 Å². The lowest BCUT2D eigenvalue weighted by Gasteiger charge is -2.11. The maximum Gasteiger partial charge on any atom is 0.307 e. The number of hydrogen-bond acceptors (Lipinski definition) is 6. The first-order valence-corrected chi connectivity index (χ1v) is 9.34. The summed E-state index contributed by atoms with van der Waals surface area (Å²) < 4.78 is 16.8. The Morgan fingerprint density at radius 2 is 2.32 bits per heavy atom. The summed E-state index contributed by atoms with van der Waals surface area (Å²) in [4.78, 5) is 20.1. The average molecular weight is 382 g/mol. The molecule has 1 aromatic carbocycles. The Kier molecular flexibility index (Phi) is 5.28. The van der Waals surface area contributed by atoms with Crippen LogP contribution >= 0.6 is 0 Å². The Hall–Kier alpha value is -2.89. The second kappa shape index (κ2) is 8.00. The van der Waals surface area contributed by atoms with Crippen LogP contribution < -0.4 is 15.4 Å². The molecule has 146 valence electrons. The molecule has 0 bridgehead atoms. The van der Waals surface area contributed by atoms with Crippen molar-refractivity contribution in [3.05, 3.63) is 41.7 Å². The van der Waals surface area contributed by atoms with Crippen LogP contribution in [0.4, 0.5) is 5.69 Å². The predicted octanol–water partition coefficient (Wildman–Crippen LogP) is 2.54. The van der Waals surface area contributed by atoms with Crippen LogP contribution in [0, 0.1) is 6.57 Å². The first-order chi connectivity index (χ1) is 13.7. The molecule has 2 fully saturated rings. The van der Waals surface area contributed by atoms with Crippen molar-refractivity contribution in [2.75, 3.05) is 20.3 Å². The molecule has 2 atom stereocenters. The van der Waals surface area contributed by atoms with Gasteiger partial charge in [-0.15, -0.1) is 0 Å². The number of methoxy groups -OCH3 is 1. The van der Waals surface area contributed by atoms with E-state index in [4.69, 9.17) is 20.5 Å². The second-order valence-electron chi connectivity index (χ2n) is 7.11. The standard InChI is InChI=1S/C20H22N4O4/c1-21-12-3-6-17(27-15-4-5-15)16(8-12)18-10-23-20(28-18)19(25)24-13-7-14(11-26-2)22-9-13/h3,6,8,10,13-15,22H,4-5,7,9,11H2,2H3,(H,24,25)/t13-,14+/m1/s1. The van der Waals surface area contributed by atoms with E-state index in [0.29, 0.717) is 35.9 Å². The number of benzene rings is 1. The van der Waals surface area contributed by atoms with Crippen LogP contribution in [-0.2, 0) is 4.74 Å². The van der Waals surface area contributed by atoms with Gasteiger partial charge in [-0.25, -0.2) is 9.83 Å². The summed E-state index contributed by atoms with van der Waals surface area (Å²) in [5.74, 6) is 0.686. The Bertz CT molecular complexity index is 900. The highest BCUT2D eigenvalue weighted by Gasteiger charge is 2.28. The summed E-state index contributed by atoms with van der Waals surface area (Å²) in [5.41, 5.74) is 1.11. The minimum Gasteiger partial charge on any atom is -0.490 e. The van der Waals surface area contributed by atoms with Gasteiger partial charge in [0, 0.05) is 25.7 Å². The van der Waals surface area contributed by atoms with Crippen molar-refractivity contribution in [2.45, 2.75) is 37.5 Å². The number of hydrogen-bond donors (Lipinski definition) is 2. The molecule has 1 amide bonds. The van der Waals surface area contributed by atoms with Crippen molar-refractivity contribution in [1.29, 1.82) is 0 Å². The molecule has 2 aromatic rings. The maximum absolute atomic E-state index is 12.5. The first-order valence-electron chi connectivity index (χ1n) is 9.34. The molecule has 0 radical (unpaired) electrons. The van der Waals surface area contributed by atoms with Gasteiger partial charge in [0.25, 0.3) is 5.89 Å². The van der Waals surface area contributed by atoms with Crippen molar-refractivity contribution >= 4 is 11.6 Å². The Morgan fingerprint density at radius 1 is 1.46 bits per heavy atom. The number of carbonyl (C=O) groups excluding carboxylic acids is 1. The third-order valence-electron chi connectivity index (χ3n) is 4.80. The highest BCUT2D eigenvalue weighted by atomic mass is 16.5. The van der Waals surface area contributed by atoms with Crippen LogP contribution in [0.3, 0.4) is 0 Å². The van der Waals surface area contributed by atoms with Crippen LogP contribution in [0.5, 0.6) is 5.75 Å². The zero-order valence-corrected chi connectivity index (χ0v) is 15.6. The topological polar surface area (TPSA) is 90.0 Å². The lowest BCUT2D eigenvalue weighted by atomic mass is 10.1. The summed E-state index contributed by atoms with van der Waals surface area (Å²) in [7, 11) is 1.66. The lowest BCUT2D eigenvalue weighted by Crippen LogP contribution is -2.36. The zero-order chi connectivity index (χ0) is 19.5. The molecule has 1 aliphatic heterocycles. The van der Waals surface area contributed by atoms with Crippen molar-refractivity contribution in [3.8, 4) is 17.1 Å². The zero-order valence-electron chi connectivity index (χ0n) is 15.6. The van der Waals surface area contributed by atoms with Crippen molar-refractivity contribution in [1.82, 2.24) is 15.6 Å². The summed E-state index contributed by atoms with van der Waals surface area (Å²) in [5, 5.41) is 6.24. The average Bonchev–Trinajstić information content (AvgIpc) is 3.19. The largest absolute Gasteiger partial charge is 0.490 e. The Labute approximate surface area is 163 Å². The Morgan fingerprint density at radius 3 is 3.07 bits per heavy atom. The normalized spacial score (nSPS) is 21.3. The number of nitrogens with zero attached hydrogens (tertiary/aromatic N) is 2. The van der Waals surface area contributed by atoms with E-state index in [0.717, 1.165) is 19.3 Å². The van der Waals surface area contributed by atoms with E-state index in [1.165, 1.54) is 6.20 Å². The number of aromatic nitrogens is 1. The van der Waals surface area contributed by atoms with Crippen LogP contribution in [-0.4, -0.2) is 49.3 Å². The second-order valence-corrected chi connectivity index (χ2v) is 7.11. The van der Waals surface area contributed by atoms with E-state index >= 15 is 0 Å². The van der Waals surface area contributed by atoms with Gasteiger partial charge < -0.3 is 24.5 Å². The number of carbonyl (C=O) groups is 1. The molecule has 28 heavy (non-hydrogen) atoms. The molecule has 8 heteroatoms. The minimum atomic E-state index is -0.359. The third-order valence-corrected chi connectivity index (χ3v) is 4.80. The minimum absolute atomic E-state index is 0.00204. The SMILES string of the molecule is [C-]#[N+]c1ccc(OC2CC2)c(-c2cnc(C(=O)N[C@H]3CN[C@H](COC)C3)o2)c1. The highest BCUT2D eigenvalue weighted by Crippen LogP contribution is 2.37. The molecule has 4 rings (SSSR count). The first kappa shape index (κ1) is 18.5. The van der Waals surface area contributed by atoms with Crippen molar-refractivity contribution in [2.24, 2.45) is 0 Å². The number of ether oxygens (including phenoxy) is 2. The van der Waals surface area contributed by atoms with E-state index in [1.807, 2.05) is 0 Å². The van der Waals surface area contributed by atoms with E-state index in [-0.39, 0.29) is 30.0 Å². The highest BCUT2D eigenvalue weighted by molar-refractivity contribution is 5.90. The molecule has 1 aromatic heterocycles. The smallest absolute Gasteiger partial charge is 0.307 e. The molecule has 1 saturated heterocycles. The molecule has 2 heterocycles. The summed E-state index contributed by atoms with van der Waals surface area (Å²) in [6.07, 6.45) is 4.54. The van der Waals surface area contributed by atoms with Gasteiger partial charge in [-0.3, -0.25) is 4.79 Å². The molecule has 2 N–H and O–H groups in total. The molecular formula is C20H22N4O4. The van der Waals surface area contributed by atoms with Gasteiger partial charge in [0.15, 0.2) is 11.4 Å². The van der Waals surface area contributed by atoms with Gasteiger partial charge >= 0.3 is 5.91 Å². The molecule has 1 aliphatic carbocycles. The fourth-order valence-electron chi connectivity index (χ4n) is 3.26. The summed E-state index contributed by atoms with van der Waals surface area (Å²) >= 11 is 0. The monoisotopic (exact) mass is 382 g/mol. The number of rotatable bonds is 7.